The molecule has 1 rings (SSSR count). The summed E-state index contributed by atoms with van der Waals surface area (Å²) in [7, 11) is 0. The molecule has 0 bridgehead atoms. The van der Waals surface area contributed by atoms with Crippen LogP contribution >= 0.6 is 0 Å². The summed E-state index contributed by atoms with van der Waals surface area (Å²) < 4.78 is 0. The Morgan fingerprint density at radius 1 is 1.12 bits per heavy atom. The Morgan fingerprint density at radius 2 is 1.81 bits per heavy atom. The highest BCUT2D eigenvalue weighted by atomic mass is 16.4. The Kier molecular flexibility index (Phi) is 7.07. The molecule has 0 aromatic heterocycles. The van der Waals surface area contributed by atoms with Crippen molar-refractivity contribution in [1.29, 1.82) is 0 Å². The maximum absolute atomic E-state index is 10.6. The van der Waals surface area contributed by atoms with Crippen LogP contribution in [0.25, 0.3) is 0 Å². The van der Waals surface area contributed by atoms with Crippen LogP contribution in [0.3, 0.4) is 0 Å². The molecule has 0 atom stereocenters. The van der Waals surface area contributed by atoms with Crippen LogP contribution in [0.1, 0.15) is 38.5 Å². The van der Waals surface area contributed by atoms with E-state index in [1.165, 1.54) is 25.7 Å². The zero-order valence-electron chi connectivity index (χ0n) is 9.67. The summed E-state index contributed by atoms with van der Waals surface area (Å²) in [5.74, 6) is -0.818. The quantitative estimate of drug-likeness (QED) is 0.544. The highest BCUT2D eigenvalue weighted by Gasteiger charge is 2.08. The number of carboxylic acid groups (broad SMARTS) is 1. The monoisotopic (exact) mass is 230 g/mol. The number of hydrazine groups is 3. The molecule has 94 valence electrons. The first-order chi connectivity index (χ1) is 7.79. The second-order valence-electron chi connectivity index (χ2n) is 4.10. The van der Waals surface area contributed by atoms with Gasteiger partial charge in [0.05, 0.1) is 0 Å². The molecule has 1 fully saturated rings. The van der Waals surface area contributed by atoms with E-state index in [1.807, 2.05) is 0 Å². The van der Waals surface area contributed by atoms with Gasteiger partial charge in [-0.15, -0.1) is 0 Å². The van der Waals surface area contributed by atoms with E-state index in [1.54, 1.807) is 5.01 Å². The summed E-state index contributed by atoms with van der Waals surface area (Å²) in [5.41, 5.74) is 8.69. The van der Waals surface area contributed by atoms with Crippen molar-refractivity contribution in [3.63, 3.8) is 0 Å². The van der Waals surface area contributed by atoms with Crippen LogP contribution in [0.15, 0.2) is 0 Å². The van der Waals surface area contributed by atoms with Gasteiger partial charge in [-0.3, -0.25) is 4.79 Å². The van der Waals surface area contributed by atoms with Crippen molar-refractivity contribution < 1.29 is 9.90 Å². The van der Waals surface area contributed by atoms with E-state index in [2.05, 4.69) is 16.5 Å². The van der Waals surface area contributed by atoms with Gasteiger partial charge in [0.1, 0.15) is 6.54 Å². The van der Waals surface area contributed by atoms with Gasteiger partial charge in [-0.05, 0) is 12.8 Å². The summed E-state index contributed by atoms with van der Waals surface area (Å²) in [6.45, 7) is 1.66. The highest BCUT2D eigenvalue weighted by Crippen LogP contribution is 2.05. The first-order valence-electron chi connectivity index (χ1n) is 5.99. The standard InChI is InChI=1S/C10H22N4O2/c15-10(16)9-14-8-6-4-2-1-3-5-7-11-12-13-14/h11-13H,1-9H2,(H,15,16). The van der Waals surface area contributed by atoms with Crippen LogP contribution in [-0.4, -0.2) is 35.7 Å². The lowest BCUT2D eigenvalue weighted by Crippen LogP contribution is -2.54. The lowest BCUT2D eigenvalue weighted by Gasteiger charge is -2.22. The number of nitrogens with zero attached hydrogens (tertiary/aromatic N) is 1. The average Bonchev–Trinajstić information content (AvgIpc) is 2.21. The van der Waals surface area contributed by atoms with E-state index < -0.39 is 5.97 Å². The van der Waals surface area contributed by atoms with E-state index in [4.69, 9.17) is 5.11 Å². The molecule has 1 heterocycles. The molecule has 6 heteroatoms. The predicted molar refractivity (Wildman–Crippen MR) is 61.2 cm³/mol. The fourth-order valence-electron chi connectivity index (χ4n) is 1.74. The Bertz CT molecular complexity index is 189. The lowest BCUT2D eigenvalue weighted by molar-refractivity contribution is -0.139. The van der Waals surface area contributed by atoms with E-state index >= 15 is 0 Å². The smallest absolute Gasteiger partial charge is 0.319 e. The SMILES string of the molecule is O=C(O)CN1CCCCCCCCNNN1. The van der Waals surface area contributed by atoms with Gasteiger partial charge in [0.25, 0.3) is 0 Å². The minimum absolute atomic E-state index is 0.00861. The normalized spacial score (nSPS) is 22.0. The third kappa shape index (κ3) is 6.73. The molecule has 0 radical (unpaired) electrons. The summed E-state index contributed by atoms with van der Waals surface area (Å²) in [5, 5.41) is 10.4. The van der Waals surface area contributed by atoms with Crippen LogP contribution < -0.4 is 16.5 Å². The minimum atomic E-state index is -0.818. The molecule has 0 amide bonds. The number of carboxylic acids is 1. The molecular formula is C10H22N4O2. The van der Waals surface area contributed by atoms with Crippen molar-refractivity contribution in [2.75, 3.05) is 19.6 Å². The second kappa shape index (κ2) is 8.46. The van der Waals surface area contributed by atoms with E-state index in [0.29, 0.717) is 0 Å². The van der Waals surface area contributed by atoms with E-state index in [9.17, 15) is 4.79 Å². The Balaban J connectivity index is 2.27. The minimum Gasteiger partial charge on any atom is -0.480 e. The maximum atomic E-state index is 10.6. The second-order valence-corrected chi connectivity index (χ2v) is 4.10. The first-order valence-corrected chi connectivity index (χ1v) is 5.99. The van der Waals surface area contributed by atoms with Gasteiger partial charge >= 0.3 is 5.97 Å². The molecule has 0 aliphatic carbocycles. The van der Waals surface area contributed by atoms with Gasteiger partial charge in [0, 0.05) is 13.1 Å². The number of aliphatic carboxylic acids is 1. The zero-order valence-corrected chi connectivity index (χ0v) is 9.67. The van der Waals surface area contributed by atoms with Crippen LogP contribution in [-0.2, 0) is 4.79 Å². The molecule has 1 saturated heterocycles. The number of carbonyl (C=O) groups is 1. The topological polar surface area (TPSA) is 76.6 Å². The molecular weight excluding hydrogens is 208 g/mol. The summed E-state index contributed by atoms with van der Waals surface area (Å²) in [4.78, 5) is 10.6. The van der Waals surface area contributed by atoms with Crippen molar-refractivity contribution in [1.82, 2.24) is 21.5 Å². The molecule has 1 aliphatic heterocycles. The van der Waals surface area contributed by atoms with Crippen molar-refractivity contribution >= 4 is 5.97 Å². The Labute approximate surface area is 96.3 Å². The van der Waals surface area contributed by atoms with Crippen molar-refractivity contribution in [3.05, 3.63) is 0 Å². The van der Waals surface area contributed by atoms with Crippen LogP contribution in [0.5, 0.6) is 0 Å². The summed E-state index contributed by atoms with van der Waals surface area (Å²) >= 11 is 0. The molecule has 16 heavy (non-hydrogen) atoms. The van der Waals surface area contributed by atoms with Gasteiger partial charge < -0.3 is 5.11 Å². The largest absolute Gasteiger partial charge is 0.480 e. The molecule has 0 aromatic carbocycles. The Hall–Kier alpha value is -0.690. The fraction of sp³-hybridized carbons (Fsp3) is 0.900. The first kappa shape index (κ1) is 13.4. The lowest BCUT2D eigenvalue weighted by atomic mass is 10.1. The summed E-state index contributed by atoms with van der Waals surface area (Å²) in [6, 6.07) is 0. The summed E-state index contributed by atoms with van der Waals surface area (Å²) in [6.07, 6.45) is 7.12. The third-order valence-corrected chi connectivity index (χ3v) is 2.61. The molecule has 0 spiro atoms. The molecule has 0 unspecified atom stereocenters. The molecule has 0 aromatic rings. The van der Waals surface area contributed by atoms with Crippen molar-refractivity contribution in [2.45, 2.75) is 38.5 Å². The van der Waals surface area contributed by atoms with Gasteiger partial charge in [0.2, 0.25) is 0 Å². The Morgan fingerprint density at radius 3 is 2.56 bits per heavy atom. The van der Waals surface area contributed by atoms with Crippen molar-refractivity contribution in [3.8, 4) is 0 Å². The number of rotatable bonds is 2. The number of nitrogens with one attached hydrogen (secondary N) is 3. The van der Waals surface area contributed by atoms with Crippen LogP contribution in [0, 0.1) is 0 Å². The van der Waals surface area contributed by atoms with Gasteiger partial charge in [-0.2, -0.15) is 11.1 Å². The molecule has 1 aliphatic rings. The number of hydrogen-bond donors (Lipinski definition) is 4. The average molecular weight is 230 g/mol. The maximum Gasteiger partial charge on any atom is 0.319 e. The molecule has 4 N–H and O–H groups in total. The van der Waals surface area contributed by atoms with Gasteiger partial charge in [0.15, 0.2) is 0 Å². The van der Waals surface area contributed by atoms with Gasteiger partial charge in [-0.25, -0.2) is 10.4 Å². The number of hydrogen-bond acceptors (Lipinski definition) is 5. The van der Waals surface area contributed by atoms with Crippen molar-refractivity contribution in [2.24, 2.45) is 0 Å². The van der Waals surface area contributed by atoms with Crippen LogP contribution in [0.2, 0.25) is 0 Å². The van der Waals surface area contributed by atoms with E-state index in [0.717, 1.165) is 25.9 Å². The van der Waals surface area contributed by atoms with Crippen LogP contribution in [0.4, 0.5) is 0 Å². The molecule has 0 saturated carbocycles. The molecule has 6 nitrogen and oxygen atoms in total. The third-order valence-electron chi connectivity index (χ3n) is 2.61. The predicted octanol–water partition coefficient (Wildman–Crippen LogP) is 0.241. The fourth-order valence-corrected chi connectivity index (χ4v) is 1.74. The van der Waals surface area contributed by atoms with Gasteiger partial charge in [-0.1, -0.05) is 25.7 Å². The highest BCUT2D eigenvalue weighted by molar-refractivity contribution is 5.68. The van der Waals surface area contributed by atoms with E-state index in [-0.39, 0.29) is 6.54 Å². The zero-order chi connectivity index (χ0) is 11.6.